The highest BCUT2D eigenvalue weighted by Gasteiger charge is 2.43. The molecule has 1 aromatic heterocycles. The number of nitrogens with one attached hydrogen (secondary N) is 3. The molecule has 12 nitrogen and oxygen atoms in total. The van der Waals surface area contributed by atoms with Gasteiger partial charge in [-0.1, -0.05) is 23.7 Å². The van der Waals surface area contributed by atoms with Crippen molar-refractivity contribution >= 4 is 56.5 Å². The van der Waals surface area contributed by atoms with E-state index in [1.165, 1.54) is 12.3 Å². The van der Waals surface area contributed by atoms with Crippen LogP contribution in [-0.4, -0.2) is 70.3 Å². The number of fused-ring (bicyclic) bond motifs is 1. The summed E-state index contributed by atoms with van der Waals surface area (Å²) < 4.78 is 32.0. The Morgan fingerprint density at radius 1 is 1.16 bits per heavy atom. The van der Waals surface area contributed by atoms with Crippen LogP contribution in [0.4, 0.5) is 23.1 Å². The quantitative estimate of drug-likeness (QED) is 0.237. The topological polar surface area (TPSA) is 163 Å². The minimum atomic E-state index is -3.60. The number of aliphatic carboxylic acids is 1. The van der Waals surface area contributed by atoms with Crippen molar-refractivity contribution in [3.63, 3.8) is 0 Å². The highest BCUT2D eigenvalue weighted by Crippen LogP contribution is 2.42. The second-order valence-electron chi connectivity index (χ2n) is 11.4. The van der Waals surface area contributed by atoms with Gasteiger partial charge in [-0.3, -0.25) is 9.59 Å². The van der Waals surface area contributed by atoms with Gasteiger partial charge in [0.15, 0.2) is 15.7 Å². The molecule has 3 aromatic rings. The van der Waals surface area contributed by atoms with E-state index in [4.69, 9.17) is 16.3 Å². The normalized spacial score (nSPS) is 19.9. The van der Waals surface area contributed by atoms with Gasteiger partial charge in [-0.15, -0.1) is 0 Å². The number of sulfone groups is 1. The van der Waals surface area contributed by atoms with Gasteiger partial charge in [-0.25, -0.2) is 13.4 Å². The molecule has 0 saturated carbocycles. The number of carboxylic acids is 1. The minimum Gasteiger partial charge on any atom is -0.489 e. The van der Waals surface area contributed by atoms with Crippen molar-refractivity contribution in [1.82, 2.24) is 20.2 Å². The Morgan fingerprint density at radius 3 is 2.55 bits per heavy atom. The third kappa shape index (κ3) is 6.04. The minimum absolute atomic E-state index is 0.120. The highest BCUT2D eigenvalue weighted by atomic mass is 35.5. The zero-order valence-corrected chi connectivity index (χ0v) is 26.5. The van der Waals surface area contributed by atoms with Crippen molar-refractivity contribution in [2.24, 2.45) is 0 Å². The van der Waals surface area contributed by atoms with E-state index >= 15 is 0 Å². The molecule has 234 valence electrons. The lowest BCUT2D eigenvalue weighted by Crippen LogP contribution is -2.38. The van der Waals surface area contributed by atoms with Gasteiger partial charge in [0.2, 0.25) is 5.95 Å². The van der Waals surface area contributed by atoms with Crippen LogP contribution in [-0.2, 0) is 14.6 Å². The number of carbonyl (C=O) groups is 2. The molecular weight excluding hydrogens is 608 g/mol. The van der Waals surface area contributed by atoms with E-state index < -0.39 is 27.1 Å². The third-order valence-corrected chi connectivity index (χ3v) is 10.2. The van der Waals surface area contributed by atoms with Gasteiger partial charge in [-0.2, -0.15) is 4.98 Å². The summed E-state index contributed by atoms with van der Waals surface area (Å²) in [5.41, 5.74) is 2.01. The zero-order chi connectivity index (χ0) is 31.9. The Bertz CT molecular complexity index is 1720. The smallest absolute Gasteiger partial charge is 0.320 e. The number of carbonyl (C=O) groups excluding carboxylic acids is 1. The van der Waals surface area contributed by atoms with E-state index in [-0.39, 0.29) is 45.8 Å². The molecule has 1 fully saturated rings. The molecular formula is C30H35ClN6O6S. The Balaban J connectivity index is 1.47. The standard InChI is InChI=1S/C30H35ClN6O6S/c1-15(2)43-25-12-19-17(5)37(18-10-24(29(39)40)32-13-18)28(38)20(19)11-23(25)35-30-33-14-21(31)27(36-30)34-22-8-6-7-9-26(22)44(41,42)16(3)4/h6-9,11-12,14-18,24,32H,10,13H2,1-5H3,(H,39,40)(H2,33,34,35,36)/t17?,18-,24-/m0/s1. The Kier molecular flexibility index (Phi) is 8.74. The summed E-state index contributed by atoms with van der Waals surface area (Å²) in [7, 11) is -3.60. The van der Waals surface area contributed by atoms with Gasteiger partial charge in [0.05, 0.1) is 39.9 Å². The van der Waals surface area contributed by atoms with Crippen molar-refractivity contribution in [1.29, 1.82) is 0 Å². The van der Waals surface area contributed by atoms with E-state index in [9.17, 15) is 23.1 Å². The summed E-state index contributed by atoms with van der Waals surface area (Å²) in [5.74, 6) is -0.346. The molecule has 1 amide bonds. The number of anilines is 4. The number of aromatic nitrogens is 2. The number of hydrogen-bond donors (Lipinski definition) is 4. The number of para-hydroxylation sites is 1. The molecule has 0 radical (unpaired) electrons. The first-order chi connectivity index (χ1) is 20.8. The number of carboxylic acid groups (broad SMARTS) is 1. The summed E-state index contributed by atoms with van der Waals surface area (Å²) in [6.07, 6.45) is 1.52. The average Bonchev–Trinajstić information content (AvgIpc) is 3.53. The number of ether oxygens (including phenoxy) is 1. The highest BCUT2D eigenvalue weighted by molar-refractivity contribution is 7.92. The fourth-order valence-corrected chi connectivity index (χ4v) is 6.81. The number of rotatable bonds is 10. The fourth-order valence-electron chi connectivity index (χ4n) is 5.47. The third-order valence-electron chi connectivity index (χ3n) is 7.70. The van der Waals surface area contributed by atoms with Crippen molar-refractivity contribution in [3.8, 4) is 5.75 Å². The molecule has 14 heteroatoms. The molecule has 0 spiro atoms. The van der Waals surface area contributed by atoms with Gasteiger partial charge in [0.1, 0.15) is 16.8 Å². The van der Waals surface area contributed by atoms with Crippen LogP contribution < -0.4 is 20.7 Å². The molecule has 1 saturated heterocycles. The second-order valence-corrected chi connectivity index (χ2v) is 14.3. The van der Waals surface area contributed by atoms with E-state index in [1.807, 2.05) is 26.8 Å². The second kappa shape index (κ2) is 12.2. The number of amides is 1. The van der Waals surface area contributed by atoms with Crippen molar-refractivity contribution < 1.29 is 27.9 Å². The maximum Gasteiger partial charge on any atom is 0.320 e. The largest absolute Gasteiger partial charge is 0.489 e. The molecule has 2 aromatic carbocycles. The summed E-state index contributed by atoms with van der Waals surface area (Å²) in [6.45, 7) is 9.30. The van der Waals surface area contributed by atoms with Crippen LogP contribution in [0.25, 0.3) is 0 Å². The van der Waals surface area contributed by atoms with E-state index in [0.717, 1.165) is 5.56 Å². The summed E-state index contributed by atoms with van der Waals surface area (Å²) in [6, 6.07) is 8.76. The number of hydrogen-bond acceptors (Lipinski definition) is 10. The maximum atomic E-state index is 13.6. The molecule has 0 aliphatic carbocycles. The maximum absolute atomic E-state index is 13.6. The van der Waals surface area contributed by atoms with Crippen LogP contribution in [0.2, 0.25) is 5.02 Å². The SMILES string of the molecule is CC(C)Oc1cc2c(cc1Nc1ncc(Cl)c(Nc3ccccc3S(=O)(=O)C(C)C)n1)C(=O)N([C@@H]1CN[C@H](C(=O)O)C1)C2C. The van der Waals surface area contributed by atoms with Crippen LogP contribution in [0.5, 0.6) is 5.75 Å². The summed E-state index contributed by atoms with van der Waals surface area (Å²) in [5, 5.41) is 18.1. The van der Waals surface area contributed by atoms with Crippen molar-refractivity contribution in [2.75, 3.05) is 17.2 Å². The predicted molar refractivity (Wildman–Crippen MR) is 167 cm³/mol. The number of halogens is 1. The molecule has 1 unspecified atom stereocenters. The van der Waals surface area contributed by atoms with Gasteiger partial charge >= 0.3 is 5.97 Å². The lowest BCUT2D eigenvalue weighted by Gasteiger charge is -2.28. The zero-order valence-electron chi connectivity index (χ0n) is 25.0. The first-order valence-electron chi connectivity index (χ1n) is 14.3. The van der Waals surface area contributed by atoms with Crippen molar-refractivity contribution in [2.45, 2.75) is 75.4 Å². The van der Waals surface area contributed by atoms with E-state index in [2.05, 4.69) is 25.9 Å². The van der Waals surface area contributed by atoms with Crippen molar-refractivity contribution in [3.05, 3.63) is 58.7 Å². The van der Waals surface area contributed by atoms with E-state index in [1.54, 1.807) is 43.0 Å². The molecule has 5 rings (SSSR count). The van der Waals surface area contributed by atoms with Crippen LogP contribution in [0.1, 0.15) is 63.0 Å². The van der Waals surface area contributed by atoms with Gasteiger partial charge < -0.3 is 30.7 Å². The lowest BCUT2D eigenvalue weighted by atomic mass is 10.0. The molecule has 3 atom stereocenters. The number of nitrogens with zero attached hydrogens (tertiary/aromatic N) is 3. The molecule has 2 aliphatic heterocycles. The Labute approximate surface area is 261 Å². The Hall–Kier alpha value is -3.94. The fraction of sp³-hybridized carbons (Fsp3) is 0.400. The molecule has 44 heavy (non-hydrogen) atoms. The summed E-state index contributed by atoms with van der Waals surface area (Å²) in [4.78, 5) is 35.8. The average molecular weight is 643 g/mol. The van der Waals surface area contributed by atoms with Crippen LogP contribution in [0.15, 0.2) is 47.5 Å². The van der Waals surface area contributed by atoms with Gasteiger partial charge in [0.25, 0.3) is 5.91 Å². The molecule has 3 heterocycles. The first-order valence-corrected chi connectivity index (χ1v) is 16.2. The summed E-state index contributed by atoms with van der Waals surface area (Å²) >= 11 is 6.42. The predicted octanol–water partition coefficient (Wildman–Crippen LogP) is 4.92. The van der Waals surface area contributed by atoms with Gasteiger partial charge in [0, 0.05) is 18.2 Å². The monoisotopic (exact) mass is 642 g/mol. The van der Waals surface area contributed by atoms with E-state index in [0.29, 0.717) is 35.7 Å². The van der Waals surface area contributed by atoms with Gasteiger partial charge in [-0.05, 0) is 70.9 Å². The first kappa shape index (κ1) is 31.5. The molecule has 2 aliphatic rings. The number of benzene rings is 2. The van der Waals surface area contributed by atoms with Crippen LogP contribution in [0.3, 0.4) is 0 Å². The lowest BCUT2D eigenvalue weighted by molar-refractivity contribution is -0.139. The van der Waals surface area contributed by atoms with Crippen LogP contribution in [0, 0.1) is 0 Å². The molecule has 4 N–H and O–H groups in total. The molecule has 0 bridgehead atoms. The van der Waals surface area contributed by atoms with Crippen LogP contribution >= 0.6 is 11.6 Å². The Morgan fingerprint density at radius 2 is 1.89 bits per heavy atom.